The van der Waals surface area contributed by atoms with Gasteiger partial charge in [0, 0.05) is 18.6 Å². The summed E-state index contributed by atoms with van der Waals surface area (Å²) in [5.41, 5.74) is 1.98. The van der Waals surface area contributed by atoms with Gasteiger partial charge in [0.25, 0.3) is 0 Å². The van der Waals surface area contributed by atoms with Crippen LogP contribution in [0.15, 0.2) is 76.5 Å². The second kappa shape index (κ2) is 11.4. The van der Waals surface area contributed by atoms with E-state index in [0.717, 1.165) is 33.7 Å². The van der Waals surface area contributed by atoms with E-state index in [9.17, 15) is 4.79 Å². The first-order chi connectivity index (χ1) is 16.1. The zero-order chi connectivity index (χ0) is 23.0. The predicted octanol–water partition coefficient (Wildman–Crippen LogP) is 5.95. The molecule has 0 atom stereocenters. The number of carbonyl (C=O) groups excluding carboxylic acids is 1. The minimum Gasteiger partial charge on any atom is -0.467 e. The van der Waals surface area contributed by atoms with Crippen molar-refractivity contribution in [2.45, 2.75) is 31.0 Å². The van der Waals surface area contributed by atoms with Crippen LogP contribution in [-0.2, 0) is 17.8 Å². The second-order valence-corrected chi connectivity index (χ2v) is 9.18. The predicted molar refractivity (Wildman–Crippen MR) is 131 cm³/mol. The summed E-state index contributed by atoms with van der Waals surface area (Å²) in [6.07, 6.45) is 3.35. The van der Waals surface area contributed by atoms with Gasteiger partial charge in [-0.15, -0.1) is 10.2 Å². The monoisotopic (exact) mass is 500 g/mol. The average molecular weight is 501 g/mol. The number of thioether (sulfide) groups is 1. The number of nitrogens with one attached hydrogen (secondary N) is 1. The fraction of sp³-hybridized carbons (Fsp3) is 0.208. The van der Waals surface area contributed by atoms with Crippen molar-refractivity contribution in [1.29, 1.82) is 0 Å². The highest BCUT2D eigenvalue weighted by Crippen LogP contribution is 2.29. The average Bonchev–Trinajstić information content (AvgIpc) is 3.48. The molecule has 0 radical (unpaired) electrons. The highest BCUT2D eigenvalue weighted by Gasteiger charge is 2.16. The van der Waals surface area contributed by atoms with Crippen LogP contribution in [0.5, 0.6) is 0 Å². The maximum atomic E-state index is 12.1. The van der Waals surface area contributed by atoms with Gasteiger partial charge in [-0.1, -0.05) is 65.3 Å². The number of benzene rings is 2. The van der Waals surface area contributed by atoms with Gasteiger partial charge in [0.15, 0.2) is 5.16 Å². The number of halogens is 2. The van der Waals surface area contributed by atoms with Gasteiger partial charge < -0.3 is 9.73 Å². The number of aromatic nitrogens is 3. The quantitative estimate of drug-likeness (QED) is 0.215. The van der Waals surface area contributed by atoms with E-state index in [1.165, 1.54) is 0 Å². The van der Waals surface area contributed by atoms with Gasteiger partial charge in [0.05, 0.1) is 28.5 Å². The number of amides is 1. The molecule has 2 aromatic heterocycles. The van der Waals surface area contributed by atoms with Crippen LogP contribution in [0.2, 0.25) is 10.0 Å². The number of hydrogen-bond donors (Lipinski definition) is 1. The summed E-state index contributed by atoms with van der Waals surface area (Å²) in [4.78, 5) is 12.1. The lowest BCUT2D eigenvalue weighted by molar-refractivity contribution is -0.121. The van der Waals surface area contributed by atoms with Crippen LogP contribution < -0.4 is 5.32 Å². The van der Waals surface area contributed by atoms with Crippen molar-refractivity contribution < 1.29 is 9.21 Å². The number of furan rings is 1. The Balaban J connectivity index is 1.42. The summed E-state index contributed by atoms with van der Waals surface area (Å²) >= 11 is 14.0. The first-order valence-corrected chi connectivity index (χ1v) is 12.2. The van der Waals surface area contributed by atoms with Crippen LogP contribution in [0.1, 0.15) is 30.0 Å². The van der Waals surface area contributed by atoms with E-state index in [4.69, 9.17) is 27.6 Å². The number of hydrogen-bond acceptors (Lipinski definition) is 5. The third-order valence-corrected chi connectivity index (χ3v) is 6.64. The van der Waals surface area contributed by atoms with Crippen LogP contribution in [0, 0.1) is 0 Å². The van der Waals surface area contributed by atoms with Crippen molar-refractivity contribution in [2.24, 2.45) is 0 Å². The molecular weight excluding hydrogens is 479 g/mol. The molecule has 1 amide bonds. The molecule has 4 rings (SSSR count). The summed E-state index contributed by atoms with van der Waals surface area (Å²) in [7, 11) is 0. The lowest BCUT2D eigenvalue weighted by atomic mass is 10.1. The maximum absolute atomic E-state index is 12.1. The Morgan fingerprint density at radius 1 is 1.03 bits per heavy atom. The van der Waals surface area contributed by atoms with Gasteiger partial charge in [-0.3, -0.25) is 9.36 Å². The van der Waals surface area contributed by atoms with E-state index in [1.807, 2.05) is 41.0 Å². The van der Waals surface area contributed by atoms with E-state index in [2.05, 4.69) is 27.6 Å². The summed E-state index contributed by atoms with van der Waals surface area (Å²) in [5, 5.41) is 13.4. The fourth-order valence-electron chi connectivity index (χ4n) is 3.25. The molecule has 4 aromatic rings. The molecule has 0 aliphatic heterocycles. The molecule has 0 bridgehead atoms. The van der Waals surface area contributed by atoms with Crippen molar-refractivity contribution >= 4 is 40.9 Å². The highest BCUT2D eigenvalue weighted by molar-refractivity contribution is 7.99. The van der Waals surface area contributed by atoms with Gasteiger partial charge in [-0.05, 0) is 42.3 Å². The van der Waals surface area contributed by atoms with E-state index in [0.29, 0.717) is 35.9 Å². The smallest absolute Gasteiger partial charge is 0.220 e. The van der Waals surface area contributed by atoms with Gasteiger partial charge in [0.2, 0.25) is 5.91 Å². The highest BCUT2D eigenvalue weighted by atomic mass is 35.5. The minimum atomic E-state index is -0.0114. The largest absolute Gasteiger partial charge is 0.467 e. The molecule has 2 aromatic carbocycles. The van der Waals surface area contributed by atoms with Gasteiger partial charge >= 0.3 is 0 Å². The van der Waals surface area contributed by atoms with E-state index in [1.54, 1.807) is 30.2 Å². The van der Waals surface area contributed by atoms with Crippen LogP contribution in [0.25, 0.3) is 5.69 Å². The Hall–Kier alpha value is -2.74. The molecule has 0 fully saturated rings. The Morgan fingerprint density at radius 3 is 2.64 bits per heavy atom. The van der Waals surface area contributed by atoms with Gasteiger partial charge in [-0.2, -0.15) is 0 Å². The van der Waals surface area contributed by atoms with Gasteiger partial charge in [-0.25, -0.2) is 0 Å². The van der Waals surface area contributed by atoms with Crippen LogP contribution >= 0.6 is 35.0 Å². The zero-order valence-corrected chi connectivity index (χ0v) is 20.0. The van der Waals surface area contributed by atoms with Crippen LogP contribution in [0.3, 0.4) is 0 Å². The van der Waals surface area contributed by atoms with Crippen molar-refractivity contribution in [1.82, 2.24) is 20.1 Å². The molecule has 2 heterocycles. The molecule has 33 heavy (non-hydrogen) atoms. The molecule has 0 spiro atoms. The van der Waals surface area contributed by atoms with Crippen LogP contribution in [0.4, 0.5) is 0 Å². The Morgan fingerprint density at radius 2 is 1.88 bits per heavy atom. The van der Waals surface area contributed by atoms with Crippen molar-refractivity contribution in [3.63, 3.8) is 0 Å². The molecule has 9 heteroatoms. The minimum absolute atomic E-state index is 0.0114. The summed E-state index contributed by atoms with van der Waals surface area (Å²) in [6, 6.07) is 19.2. The maximum Gasteiger partial charge on any atom is 0.220 e. The molecule has 170 valence electrons. The van der Waals surface area contributed by atoms with Crippen molar-refractivity contribution in [3.05, 3.63) is 94.1 Å². The molecular formula is C24H22Cl2N4O2S. The van der Waals surface area contributed by atoms with E-state index < -0.39 is 0 Å². The van der Waals surface area contributed by atoms with Gasteiger partial charge in [0.1, 0.15) is 11.6 Å². The Bertz CT molecular complexity index is 1200. The molecule has 0 aliphatic rings. The third-order valence-electron chi connectivity index (χ3n) is 4.89. The molecule has 6 nitrogen and oxygen atoms in total. The van der Waals surface area contributed by atoms with Crippen LogP contribution in [-0.4, -0.2) is 26.4 Å². The summed E-state index contributed by atoms with van der Waals surface area (Å²) < 4.78 is 7.23. The fourth-order valence-corrected chi connectivity index (χ4v) is 4.46. The summed E-state index contributed by atoms with van der Waals surface area (Å²) in [6.45, 7) is 0.396. The first kappa shape index (κ1) is 23.4. The molecule has 0 saturated heterocycles. The molecule has 1 N–H and O–H groups in total. The number of rotatable bonds is 10. The number of carbonyl (C=O) groups is 1. The number of nitrogens with zero attached hydrogens (tertiary/aromatic N) is 3. The molecule has 0 aliphatic carbocycles. The van der Waals surface area contributed by atoms with E-state index in [-0.39, 0.29) is 5.91 Å². The lowest BCUT2D eigenvalue weighted by Gasteiger charge is -2.11. The van der Waals surface area contributed by atoms with Crippen molar-refractivity contribution in [2.75, 3.05) is 5.75 Å². The topological polar surface area (TPSA) is 73.0 Å². The van der Waals surface area contributed by atoms with E-state index >= 15 is 0 Å². The first-order valence-electron chi connectivity index (χ1n) is 10.5. The standard InChI is InChI=1S/C24H22Cl2N4O2S/c25-20-11-10-18(15-21(20)26)30-22(14-17-6-2-1-3-7-17)28-29-24(30)33-13-5-9-23(31)27-16-19-8-4-12-32-19/h1-4,6-8,10-12,15H,5,9,13-14,16H2,(H,27,31). The Kier molecular flexibility index (Phi) is 8.10. The zero-order valence-electron chi connectivity index (χ0n) is 17.7. The lowest BCUT2D eigenvalue weighted by Crippen LogP contribution is -2.22. The van der Waals surface area contributed by atoms with Crippen molar-refractivity contribution in [3.8, 4) is 5.69 Å². The summed E-state index contributed by atoms with van der Waals surface area (Å²) in [5.74, 6) is 2.25. The molecule has 0 saturated carbocycles. The normalized spacial score (nSPS) is 11.0. The SMILES string of the molecule is O=C(CCCSc1nnc(Cc2ccccc2)n1-c1ccc(Cl)c(Cl)c1)NCc1ccco1. The second-order valence-electron chi connectivity index (χ2n) is 7.30. The third kappa shape index (κ3) is 6.41. The molecule has 0 unspecified atom stereocenters. The Labute approximate surface area is 206 Å².